The first-order valence-corrected chi connectivity index (χ1v) is 6.81. The lowest BCUT2D eigenvalue weighted by atomic mass is 10.2. The highest BCUT2D eigenvalue weighted by Crippen LogP contribution is 2.08. The predicted octanol–water partition coefficient (Wildman–Crippen LogP) is 1.47. The van der Waals surface area contributed by atoms with Gasteiger partial charge in [0.15, 0.2) is 0 Å². The van der Waals surface area contributed by atoms with Crippen LogP contribution in [-0.4, -0.2) is 42.5 Å². The SMILES string of the molecule is CCCN(CC(=O)NC)Cc1ccc(NCC)nc1. The highest BCUT2D eigenvalue weighted by atomic mass is 16.1. The van der Waals surface area contributed by atoms with Crippen molar-refractivity contribution in [2.45, 2.75) is 26.8 Å². The number of rotatable bonds is 8. The summed E-state index contributed by atoms with van der Waals surface area (Å²) in [5.41, 5.74) is 1.12. The predicted molar refractivity (Wildman–Crippen MR) is 78.0 cm³/mol. The second-order valence-corrected chi connectivity index (χ2v) is 4.47. The summed E-state index contributed by atoms with van der Waals surface area (Å²) >= 11 is 0. The molecule has 5 heteroatoms. The minimum absolute atomic E-state index is 0.0469. The highest BCUT2D eigenvalue weighted by molar-refractivity contribution is 5.77. The van der Waals surface area contributed by atoms with Crippen molar-refractivity contribution in [3.63, 3.8) is 0 Å². The Balaban J connectivity index is 2.59. The summed E-state index contributed by atoms with van der Waals surface area (Å²) < 4.78 is 0. The molecule has 1 heterocycles. The van der Waals surface area contributed by atoms with E-state index in [1.165, 1.54) is 0 Å². The molecule has 0 atom stereocenters. The number of likely N-dealkylation sites (N-methyl/N-ethyl adjacent to an activating group) is 1. The van der Waals surface area contributed by atoms with E-state index in [-0.39, 0.29) is 5.91 Å². The minimum Gasteiger partial charge on any atom is -0.370 e. The Hall–Kier alpha value is -1.62. The van der Waals surface area contributed by atoms with Crippen LogP contribution >= 0.6 is 0 Å². The Morgan fingerprint density at radius 2 is 2.16 bits per heavy atom. The van der Waals surface area contributed by atoms with Crippen molar-refractivity contribution in [3.05, 3.63) is 23.9 Å². The van der Waals surface area contributed by atoms with Crippen molar-refractivity contribution in [2.24, 2.45) is 0 Å². The molecule has 0 aliphatic heterocycles. The van der Waals surface area contributed by atoms with E-state index in [1.807, 2.05) is 19.2 Å². The molecule has 106 valence electrons. The van der Waals surface area contributed by atoms with E-state index in [2.05, 4.69) is 33.5 Å². The molecule has 0 aromatic carbocycles. The molecule has 0 saturated heterocycles. The van der Waals surface area contributed by atoms with Crippen molar-refractivity contribution in [1.29, 1.82) is 0 Å². The smallest absolute Gasteiger partial charge is 0.233 e. The molecule has 0 radical (unpaired) electrons. The second-order valence-electron chi connectivity index (χ2n) is 4.47. The molecule has 0 spiro atoms. The maximum Gasteiger partial charge on any atom is 0.233 e. The van der Waals surface area contributed by atoms with Gasteiger partial charge >= 0.3 is 0 Å². The van der Waals surface area contributed by atoms with Crippen LogP contribution in [0.15, 0.2) is 18.3 Å². The lowest BCUT2D eigenvalue weighted by molar-refractivity contribution is -0.121. The molecule has 1 amide bonds. The fourth-order valence-corrected chi connectivity index (χ4v) is 1.87. The number of aromatic nitrogens is 1. The maximum atomic E-state index is 11.4. The van der Waals surface area contributed by atoms with Gasteiger partial charge in [-0.3, -0.25) is 9.69 Å². The third-order valence-electron chi connectivity index (χ3n) is 2.77. The lowest BCUT2D eigenvalue weighted by Crippen LogP contribution is -2.35. The Kier molecular flexibility index (Phi) is 6.89. The number of amides is 1. The molecule has 2 N–H and O–H groups in total. The molecule has 0 aliphatic rings. The Morgan fingerprint density at radius 1 is 1.37 bits per heavy atom. The van der Waals surface area contributed by atoms with Crippen molar-refractivity contribution in [3.8, 4) is 0 Å². The van der Waals surface area contributed by atoms with Crippen LogP contribution in [0.5, 0.6) is 0 Å². The monoisotopic (exact) mass is 264 g/mol. The molecule has 0 bridgehead atoms. The first-order chi connectivity index (χ1) is 9.19. The van der Waals surface area contributed by atoms with E-state index in [0.717, 1.165) is 37.4 Å². The number of carbonyl (C=O) groups is 1. The fraction of sp³-hybridized carbons (Fsp3) is 0.571. The molecule has 0 aliphatic carbocycles. The standard InChI is InChI=1S/C14H24N4O/c1-4-8-18(11-14(19)15-3)10-12-6-7-13(16-5-2)17-9-12/h6-7,9H,4-5,8,10-11H2,1-3H3,(H,15,19)(H,16,17). The molecule has 0 unspecified atom stereocenters. The third-order valence-corrected chi connectivity index (χ3v) is 2.77. The maximum absolute atomic E-state index is 11.4. The van der Waals surface area contributed by atoms with Crippen molar-refractivity contribution in [2.75, 3.05) is 32.0 Å². The van der Waals surface area contributed by atoms with E-state index in [4.69, 9.17) is 0 Å². The molecule has 1 rings (SSSR count). The molecule has 0 fully saturated rings. The average Bonchev–Trinajstić information content (AvgIpc) is 2.41. The zero-order valence-corrected chi connectivity index (χ0v) is 12.1. The first-order valence-electron chi connectivity index (χ1n) is 6.81. The summed E-state index contributed by atoms with van der Waals surface area (Å²) in [4.78, 5) is 17.9. The topological polar surface area (TPSA) is 57.3 Å². The van der Waals surface area contributed by atoms with Gasteiger partial charge in [-0.25, -0.2) is 4.98 Å². The summed E-state index contributed by atoms with van der Waals surface area (Å²) in [7, 11) is 1.67. The van der Waals surface area contributed by atoms with Crippen LogP contribution < -0.4 is 10.6 Å². The number of carbonyl (C=O) groups excluding carboxylic acids is 1. The fourth-order valence-electron chi connectivity index (χ4n) is 1.87. The van der Waals surface area contributed by atoms with Gasteiger partial charge < -0.3 is 10.6 Å². The number of anilines is 1. The second kappa shape index (κ2) is 8.48. The van der Waals surface area contributed by atoms with Crippen molar-refractivity contribution >= 4 is 11.7 Å². The van der Waals surface area contributed by atoms with E-state index >= 15 is 0 Å². The van der Waals surface area contributed by atoms with Crippen LogP contribution in [0.1, 0.15) is 25.8 Å². The Labute approximate surface area is 115 Å². The molecule has 0 saturated carbocycles. The number of hydrogen-bond donors (Lipinski definition) is 2. The van der Waals surface area contributed by atoms with Gasteiger partial charge in [0.2, 0.25) is 5.91 Å². The summed E-state index contributed by atoms with van der Waals surface area (Å²) in [5, 5.41) is 5.82. The summed E-state index contributed by atoms with van der Waals surface area (Å²) in [6.07, 6.45) is 2.89. The Bertz CT molecular complexity index is 378. The van der Waals surface area contributed by atoms with Gasteiger partial charge in [-0.1, -0.05) is 13.0 Å². The normalized spacial score (nSPS) is 10.5. The van der Waals surface area contributed by atoms with Crippen LogP contribution in [0.25, 0.3) is 0 Å². The number of nitrogens with one attached hydrogen (secondary N) is 2. The zero-order valence-electron chi connectivity index (χ0n) is 12.1. The number of pyridine rings is 1. The quantitative estimate of drug-likeness (QED) is 0.746. The van der Waals surface area contributed by atoms with Gasteiger partial charge in [0.05, 0.1) is 6.54 Å². The van der Waals surface area contributed by atoms with E-state index in [1.54, 1.807) is 7.05 Å². The highest BCUT2D eigenvalue weighted by Gasteiger charge is 2.09. The minimum atomic E-state index is 0.0469. The van der Waals surface area contributed by atoms with E-state index in [0.29, 0.717) is 6.54 Å². The molecule has 19 heavy (non-hydrogen) atoms. The van der Waals surface area contributed by atoms with Gasteiger partial charge in [-0.05, 0) is 31.5 Å². The largest absolute Gasteiger partial charge is 0.370 e. The van der Waals surface area contributed by atoms with Crippen molar-refractivity contribution in [1.82, 2.24) is 15.2 Å². The van der Waals surface area contributed by atoms with Gasteiger partial charge in [-0.2, -0.15) is 0 Å². The summed E-state index contributed by atoms with van der Waals surface area (Å²) in [5.74, 6) is 0.935. The summed E-state index contributed by atoms with van der Waals surface area (Å²) in [6.45, 7) is 7.11. The van der Waals surface area contributed by atoms with Gasteiger partial charge in [0.1, 0.15) is 5.82 Å². The number of nitrogens with zero attached hydrogens (tertiary/aromatic N) is 2. The van der Waals surface area contributed by atoms with E-state index in [9.17, 15) is 4.79 Å². The van der Waals surface area contributed by atoms with E-state index < -0.39 is 0 Å². The van der Waals surface area contributed by atoms with Gasteiger partial charge in [0.25, 0.3) is 0 Å². The lowest BCUT2D eigenvalue weighted by Gasteiger charge is -2.20. The van der Waals surface area contributed by atoms with Gasteiger partial charge in [0, 0.05) is 26.3 Å². The number of hydrogen-bond acceptors (Lipinski definition) is 4. The zero-order chi connectivity index (χ0) is 14.1. The molecule has 5 nitrogen and oxygen atoms in total. The van der Waals surface area contributed by atoms with Crippen LogP contribution in [-0.2, 0) is 11.3 Å². The van der Waals surface area contributed by atoms with Crippen LogP contribution in [0.2, 0.25) is 0 Å². The molecule has 1 aromatic heterocycles. The van der Waals surface area contributed by atoms with Crippen LogP contribution in [0.4, 0.5) is 5.82 Å². The molecule has 1 aromatic rings. The van der Waals surface area contributed by atoms with Crippen LogP contribution in [0, 0.1) is 0 Å². The molecular formula is C14H24N4O. The van der Waals surface area contributed by atoms with Gasteiger partial charge in [-0.15, -0.1) is 0 Å². The molecular weight excluding hydrogens is 240 g/mol. The van der Waals surface area contributed by atoms with Crippen LogP contribution in [0.3, 0.4) is 0 Å². The first kappa shape index (κ1) is 15.4. The third kappa shape index (κ3) is 5.70. The summed E-state index contributed by atoms with van der Waals surface area (Å²) in [6, 6.07) is 4.03. The van der Waals surface area contributed by atoms with Crippen molar-refractivity contribution < 1.29 is 4.79 Å². The Morgan fingerprint density at radius 3 is 2.68 bits per heavy atom. The average molecular weight is 264 g/mol.